The fraction of sp³-hybridized carbons (Fsp3) is 0.500. The molecule has 1 fully saturated rings. The normalized spacial score (nSPS) is 16.8. The van der Waals surface area contributed by atoms with Crippen molar-refractivity contribution in [2.45, 2.75) is 13.3 Å². The molecule has 0 unspecified atom stereocenters. The number of carbonyl (C=O) groups excluding carboxylic acids is 1. The number of aryl methyl sites for hydroxylation is 1. The number of halogens is 1. The summed E-state index contributed by atoms with van der Waals surface area (Å²) in [5, 5.41) is 3.30. The highest BCUT2D eigenvalue weighted by molar-refractivity contribution is 5.77. The van der Waals surface area contributed by atoms with Gasteiger partial charge in [-0.15, -0.1) is 0 Å². The van der Waals surface area contributed by atoms with Crippen molar-refractivity contribution in [3.8, 4) is 0 Å². The van der Waals surface area contributed by atoms with Gasteiger partial charge in [0, 0.05) is 38.3 Å². The fourth-order valence-electron chi connectivity index (χ4n) is 2.30. The van der Waals surface area contributed by atoms with Crippen LogP contribution in [-0.4, -0.2) is 43.9 Å². The molecule has 0 aliphatic carbocycles. The van der Waals surface area contributed by atoms with Crippen LogP contribution in [0.25, 0.3) is 0 Å². The first-order chi connectivity index (χ1) is 8.70. The Balaban J connectivity index is 2.03. The van der Waals surface area contributed by atoms with E-state index in [9.17, 15) is 9.18 Å². The lowest BCUT2D eigenvalue weighted by molar-refractivity contribution is 0.112. The zero-order valence-corrected chi connectivity index (χ0v) is 10.7. The van der Waals surface area contributed by atoms with Crippen LogP contribution in [0.15, 0.2) is 12.1 Å². The number of carbonyl (C=O) groups is 1. The van der Waals surface area contributed by atoms with Gasteiger partial charge in [0.1, 0.15) is 12.1 Å². The van der Waals surface area contributed by atoms with Crippen LogP contribution < -0.4 is 5.32 Å². The second-order valence-corrected chi connectivity index (χ2v) is 4.76. The summed E-state index contributed by atoms with van der Waals surface area (Å²) in [6.45, 7) is 6.77. The van der Waals surface area contributed by atoms with E-state index in [1.165, 1.54) is 6.07 Å². The largest absolute Gasteiger partial charge is 0.314 e. The molecule has 1 N–H and O–H groups in total. The van der Waals surface area contributed by atoms with Gasteiger partial charge >= 0.3 is 0 Å². The zero-order chi connectivity index (χ0) is 13.0. The number of piperazine rings is 1. The minimum atomic E-state index is -0.303. The van der Waals surface area contributed by atoms with Crippen molar-refractivity contribution < 1.29 is 9.18 Å². The summed E-state index contributed by atoms with van der Waals surface area (Å²) >= 11 is 0. The molecular weight excluding hydrogens is 231 g/mol. The Labute approximate surface area is 107 Å². The van der Waals surface area contributed by atoms with E-state index in [1.807, 2.05) is 0 Å². The van der Waals surface area contributed by atoms with E-state index < -0.39 is 0 Å². The third kappa shape index (κ3) is 3.15. The molecule has 3 nitrogen and oxygen atoms in total. The summed E-state index contributed by atoms with van der Waals surface area (Å²) in [4.78, 5) is 13.3. The lowest BCUT2D eigenvalue weighted by atomic mass is 10.0. The van der Waals surface area contributed by atoms with Crippen LogP contribution in [0.1, 0.15) is 21.5 Å². The summed E-state index contributed by atoms with van der Waals surface area (Å²) in [6.07, 6.45) is 1.55. The van der Waals surface area contributed by atoms with Crippen LogP contribution in [-0.2, 0) is 6.42 Å². The summed E-state index contributed by atoms with van der Waals surface area (Å²) < 4.78 is 13.4. The van der Waals surface area contributed by atoms with Crippen LogP contribution in [0.2, 0.25) is 0 Å². The maximum atomic E-state index is 13.4. The predicted octanol–water partition coefficient (Wildman–Crippen LogP) is 1.39. The Morgan fingerprint density at radius 2 is 2.11 bits per heavy atom. The smallest absolute Gasteiger partial charge is 0.150 e. The fourth-order valence-corrected chi connectivity index (χ4v) is 2.30. The molecule has 0 radical (unpaired) electrons. The molecule has 98 valence electrons. The topological polar surface area (TPSA) is 32.3 Å². The van der Waals surface area contributed by atoms with Crippen LogP contribution in [0.3, 0.4) is 0 Å². The van der Waals surface area contributed by atoms with Crippen molar-refractivity contribution in [2.75, 3.05) is 32.7 Å². The molecule has 0 saturated carbocycles. The molecule has 1 aliphatic rings. The van der Waals surface area contributed by atoms with Gasteiger partial charge in [-0.3, -0.25) is 4.79 Å². The summed E-state index contributed by atoms with van der Waals surface area (Å²) in [7, 11) is 0. The molecule has 18 heavy (non-hydrogen) atoms. The Morgan fingerprint density at radius 3 is 2.78 bits per heavy atom. The molecule has 1 saturated heterocycles. The molecule has 2 rings (SSSR count). The second-order valence-electron chi connectivity index (χ2n) is 4.76. The third-order valence-corrected chi connectivity index (χ3v) is 3.45. The Morgan fingerprint density at radius 1 is 1.39 bits per heavy atom. The maximum absolute atomic E-state index is 13.4. The van der Waals surface area contributed by atoms with Gasteiger partial charge in [-0.2, -0.15) is 0 Å². The van der Waals surface area contributed by atoms with Gasteiger partial charge in [-0.25, -0.2) is 4.39 Å². The van der Waals surface area contributed by atoms with Crippen LogP contribution in [0, 0.1) is 12.7 Å². The van der Waals surface area contributed by atoms with E-state index in [0.29, 0.717) is 11.1 Å². The molecule has 0 bridgehead atoms. The van der Waals surface area contributed by atoms with Crippen molar-refractivity contribution in [3.05, 3.63) is 34.6 Å². The van der Waals surface area contributed by atoms with Crippen LogP contribution in [0.4, 0.5) is 4.39 Å². The highest BCUT2D eigenvalue weighted by Gasteiger charge is 2.11. The third-order valence-electron chi connectivity index (χ3n) is 3.45. The molecule has 1 aliphatic heterocycles. The molecule has 0 atom stereocenters. The number of hydrogen-bond donors (Lipinski definition) is 1. The SMILES string of the molecule is Cc1cc(CCN2CCNCC2)c(C=O)cc1F. The van der Waals surface area contributed by atoms with Gasteiger partial charge in [-0.05, 0) is 30.5 Å². The van der Waals surface area contributed by atoms with Crippen LogP contribution >= 0.6 is 0 Å². The summed E-state index contributed by atoms with van der Waals surface area (Å²) in [5.41, 5.74) is 2.03. The average Bonchev–Trinajstić information content (AvgIpc) is 2.41. The minimum Gasteiger partial charge on any atom is -0.314 e. The standard InChI is InChI=1S/C14H19FN2O/c1-11-8-12(13(10-18)9-14(11)15)2-5-17-6-3-16-4-7-17/h8-10,16H,2-7H2,1H3. The number of nitrogens with one attached hydrogen (secondary N) is 1. The molecule has 4 heteroatoms. The first-order valence-electron chi connectivity index (χ1n) is 6.38. The molecular formula is C14H19FN2O. The first kappa shape index (κ1) is 13.2. The van der Waals surface area contributed by atoms with E-state index in [0.717, 1.165) is 51.0 Å². The van der Waals surface area contributed by atoms with Gasteiger partial charge in [0.25, 0.3) is 0 Å². The van der Waals surface area contributed by atoms with E-state index in [2.05, 4.69) is 10.2 Å². The van der Waals surface area contributed by atoms with Gasteiger partial charge < -0.3 is 10.2 Å². The van der Waals surface area contributed by atoms with E-state index in [4.69, 9.17) is 0 Å². The maximum Gasteiger partial charge on any atom is 0.150 e. The first-order valence-corrected chi connectivity index (χ1v) is 6.38. The number of aldehydes is 1. The molecule has 0 amide bonds. The monoisotopic (exact) mass is 250 g/mol. The van der Waals surface area contributed by atoms with Crippen molar-refractivity contribution >= 4 is 6.29 Å². The van der Waals surface area contributed by atoms with E-state index in [-0.39, 0.29) is 5.82 Å². The van der Waals surface area contributed by atoms with Crippen molar-refractivity contribution in [1.29, 1.82) is 0 Å². The average molecular weight is 250 g/mol. The lowest BCUT2D eigenvalue weighted by Gasteiger charge is -2.27. The second kappa shape index (κ2) is 6.07. The van der Waals surface area contributed by atoms with Crippen molar-refractivity contribution in [3.63, 3.8) is 0 Å². The van der Waals surface area contributed by atoms with Gasteiger partial charge in [-0.1, -0.05) is 6.07 Å². The molecule has 1 heterocycles. The number of benzene rings is 1. The van der Waals surface area contributed by atoms with Crippen LogP contribution in [0.5, 0.6) is 0 Å². The number of rotatable bonds is 4. The highest BCUT2D eigenvalue weighted by atomic mass is 19.1. The number of nitrogens with zero attached hydrogens (tertiary/aromatic N) is 1. The van der Waals surface area contributed by atoms with Gasteiger partial charge in [0.15, 0.2) is 0 Å². The highest BCUT2D eigenvalue weighted by Crippen LogP contribution is 2.15. The predicted molar refractivity (Wildman–Crippen MR) is 69.5 cm³/mol. The van der Waals surface area contributed by atoms with Crippen molar-refractivity contribution in [1.82, 2.24) is 10.2 Å². The Hall–Kier alpha value is -1.26. The summed E-state index contributed by atoms with van der Waals surface area (Å²) in [5.74, 6) is -0.303. The Bertz CT molecular complexity index is 428. The minimum absolute atomic E-state index is 0.303. The molecule has 1 aromatic rings. The molecule has 0 spiro atoms. The Kier molecular flexibility index (Phi) is 4.44. The number of hydrogen-bond acceptors (Lipinski definition) is 3. The summed E-state index contributed by atoms with van der Waals surface area (Å²) in [6, 6.07) is 3.14. The molecule has 0 aromatic heterocycles. The quantitative estimate of drug-likeness (QED) is 0.820. The molecule has 1 aromatic carbocycles. The van der Waals surface area contributed by atoms with Gasteiger partial charge in [0.2, 0.25) is 0 Å². The van der Waals surface area contributed by atoms with E-state index in [1.54, 1.807) is 13.0 Å². The van der Waals surface area contributed by atoms with E-state index >= 15 is 0 Å². The van der Waals surface area contributed by atoms with Gasteiger partial charge in [0.05, 0.1) is 0 Å². The van der Waals surface area contributed by atoms with Crippen molar-refractivity contribution in [2.24, 2.45) is 0 Å². The lowest BCUT2D eigenvalue weighted by Crippen LogP contribution is -2.44. The zero-order valence-electron chi connectivity index (χ0n) is 10.7.